The van der Waals surface area contributed by atoms with Crippen molar-refractivity contribution < 1.29 is 4.74 Å². The molecule has 6 nitrogen and oxygen atoms in total. The van der Waals surface area contributed by atoms with E-state index in [0.717, 1.165) is 38.4 Å². The van der Waals surface area contributed by atoms with Crippen molar-refractivity contribution in [3.63, 3.8) is 0 Å². The zero-order valence-corrected chi connectivity index (χ0v) is 13.1. The monoisotopic (exact) mass is 341 g/mol. The van der Waals surface area contributed by atoms with Crippen LogP contribution in [0.4, 0.5) is 11.6 Å². The topological polar surface area (TPSA) is 90.3 Å². The molecule has 0 aliphatic carbocycles. The Morgan fingerprint density at radius 1 is 1.45 bits per heavy atom. The van der Waals surface area contributed by atoms with E-state index >= 15 is 0 Å². The van der Waals surface area contributed by atoms with E-state index in [2.05, 4.69) is 37.7 Å². The summed E-state index contributed by atoms with van der Waals surface area (Å²) >= 11 is 3.27. The zero-order chi connectivity index (χ0) is 14.3. The summed E-state index contributed by atoms with van der Waals surface area (Å²) in [7, 11) is 0. The molecule has 1 aromatic heterocycles. The number of nitrogens with zero attached hydrogens (tertiary/aromatic N) is 3. The van der Waals surface area contributed by atoms with Crippen LogP contribution in [0.15, 0.2) is 10.8 Å². The van der Waals surface area contributed by atoms with Crippen LogP contribution in [0.1, 0.15) is 19.8 Å². The van der Waals surface area contributed by atoms with Gasteiger partial charge in [-0.1, -0.05) is 0 Å². The lowest BCUT2D eigenvalue weighted by molar-refractivity contribution is 0.0974. The minimum Gasteiger partial charge on any atom is -0.381 e. The molecule has 2 aliphatic rings. The van der Waals surface area contributed by atoms with Crippen molar-refractivity contribution in [2.24, 2.45) is 11.1 Å². The predicted molar refractivity (Wildman–Crippen MR) is 81.4 cm³/mol. The smallest absolute Gasteiger partial charge is 0.159 e. The molecular weight excluding hydrogens is 322 g/mol. The first-order valence-electron chi connectivity index (χ1n) is 6.92. The first-order chi connectivity index (χ1) is 9.52. The molecule has 2 aliphatic heterocycles. The summed E-state index contributed by atoms with van der Waals surface area (Å²) in [5.41, 5.74) is 12.2. The molecule has 0 radical (unpaired) electrons. The Bertz CT molecular complexity index is 504. The van der Waals surface area contributed by atoms with Crippen molar-refractivity contribution in [3.8, 4) is 0 Å². The summed E-state index contributed by atoms with van der Waals surface area (Å²) in [6, 6.07) is 0.130. The largest absolute Gasteiger partial charge is 0.381 e. The van der Waals surface area contributed by atoms with Gasteiger partial charge in [0.2, 0.25) is 0 Å². The summed E-state index contributed by atoms with van der Waals surface area (Å²) in [6.07, 6.45) is 3.96. The van der Waals surface area contributed by atoms with E-state index in [9.17, 15) is 0 Å². The van der Waals surface area contributed by atoms with Crippen LogP contribution in [0.5, 0.6) is 0 Å². The number of halogens is 1. The van der Waals surface area contributed by atoms with Gasteiger partial charge in [-0.25, -0.2) is 9.97 Å². The number of ether oxygens (including phenoxy) is 1. The molecule has 3 heterocycles. The molecule has 2 fully saturated rings. The molecule has 3 rings (SSSR count). The molecular formula is C13H20BrN5O. The molecule has 20 heavy (non-hydrogen) atoms. The lowest BCUT2D eigenvalue weighted by atomic mass is 9.73. The van der Waals surface area contributed by atoms with E-state index in [1.54, 1.807) is 6.20 Å². The standard InChI is InChI=1S/C13H20BrN5O/c1-8-10(15)13(7-20-8)2-4-19(5-3-13)9-6-17-11(14)12(16)18-9/h6,8,10H,2-5,7,15H2,1H3,(H2,16,18)/t8-,10+/m0/s1. The minimum absolute atomic E-state index is 0.129. The van der Waals surface area contributed by atoms with Crippen LogP contribution in [-0.4, -0.2) is 41.8 Å². The Kier molecular flexibility index (Phi) is 3.60. The number of hydrogen-bond acceptors (Lipinski definition) is 6. The molecule has 0 bridgehead atoms. The lowest BCUT2D eigenvalue weighted by Gasteiger charge is -2.41. The molecule has 0 aromatic carbocycles. The van der Waals surface area contributed by atoms with E-state index in [-0.39, 0.29) is 17.6 Å². The van der Waals surface area contributed by atoms with Crippen molar-refractivity contribution in [2.75, 3.05) is 30.3 Å². The van der Waals surface area contributed by atoms with Crippen molar-refractivity contribution in [1.29, 1.82) is 0 Å². The van der Waals surface area contributed by atoms with Gasteiger partial charge in [0.25, 0.3) is 0 Å². The van der Waals surface area contributed by atoms with Crippen LogP contribution < -0.4 is 16.4 Å². The normalized spacial score (nSPS) is 29.1. The molecule has 4 N–H and O–H groups in total. The summed E-state index contributed by atoms with van der Waals surface area (Å²) in [5.74, 6) is 1.26. The predicted octanol–water partition coefficient (Wildman–Crippen LogP) is 1.15. The number of aromatic nitrogens is 2. The van der Waals surface area contributed by atoms with Gasteiger partial charge in [-0.3, -0.25) is 0 Å². The first-order valence-corrected chi connectivity index (χ1v) is 7.71. The average Bonchev–Trinajstić information content (AvgIpc) is 2.72. The Hall–Kier alpha value is -0.920. The third-order valence-corrected chi connectivity index (χ3v) is 5.28. The van der Waals surface area contributed by atoms with Crippen LogP contribution in [-0.2, 0) is 4.74 Å². The summed E-state index contributed by atoms with van der Waals surface area (Å²) in [6.45, 7) is 4.67. The highest BCUT2D eigenvalue weighted by Gasteiger charge is 2.47. The van der Waals surface area contributed by atoms with Crippen LogP contribution in [0.3, 0.4) is 0 Å². The Morgan fingerprint density at radius 2 is 2.15 bits per heavy atom. The molecule has 2 saturated heterocycles. The molecule has 110 valence electrons. The Morgan fingerprint density at radius 3 is 2.70 bits per heavy atom. The second-order valence-corrected chi connectivity index (χ2v) is 6.55. The highest BCUT2D eigenvalue weighted by atomic mass is 79.9. The van der Waals surface area contributed by atoms with Gasteiger partial charge < -0.3 is 21.1 Å². The summed E-state index contributed by atoms with van der Waals surface area (Å²) < 4.78 is 6.33. The van der Waals surface area contributed by atoms with Crippen LogP contribution in [0.2, 0.25) is 0 Å². The number of nitrogen functional groups attached to an aromatic ring is 1. The van der Waals surface area contributed by atoms with Gasteiger partial charge >= 0.3 is 0 Å². The molecule has 0 unspecified atom stereocenters. The maximum atomic E-state index is 6.32. The number of rotatable bonds is 1. The number of piperidine rings is 1. The fourth-order valence-electron chi connectivity index (χ4n) is 3.19. The molecule has 2 atom stereocenters. The van der Waals surface area contributed by atoms with Crippen LogP contribution in [0, 0.1) is 5.41 Å². The van der Waals surface area contributed by atoms with Gasteiger partial charge in [0.15, 0.2) is 5.82 Å². The lowest BCUT2D eigenvalue weighted by Crippen LogP contribution is -2.50. The zero-order valence-electron chi connectivity index (χ0n) is 11.6. The maximum absolute atomic E-state index is 6.32. The van der Waals surface area contributed by atoms with Crippen molar-refractivity contribution in [1.82, 2.24) is 9.97 Å². The quantitative estimate of drug-likeness (QED) is 0.796. The minimum atomic E-state index is 0.129. The maximum Gasteiger partial charge on any atom is 0.159 e. The average molecular weight is 342 g/mol. The van der Waals surface area contributed by atoms with Gasteiger partial charge in [-0.15, -0.1) is 0 Å². The molecule has 0 amide bonds. The van der Waals surface area contributed by atoms with E-state index in [4.69, 9.17) is 16.2 Å². The number of anilines is 2. The van der Waals surface area contributed by atoms with Crippen molar-refractivity contribution in [2.45, 2.75) is 31.9 Å². The van der Waals surface area contributed by atoms with E-state index in [0.29, 0.717) is 10.4 Å². The van der Waals surface area contributed by atoms with Gasteiger partial charge in [0, 0.05) is 24.5 Å². The van der Waals surface area contributed by atoms with E-state index < -0.39 is 0 Å². The summed E-state index contributed by atoms with van der Waals surface area (Å²) in [4.78, 5) is 10.8. The highest BCUT2D eigenvalue weighted by Crippen LogP contribution is 2.41. The van der Waals surface area contributed by atoms with Crippen LogP contribution >= 0.6 is 15.9 Å². The van der Waals surface area contributed by atoms with Gasteiger partial charge in [-0.05, 0) is 35.7 Å². The first kappa shape index (κ1) is 14.0. The van der Waals surface area contributed by atoms with Crippen LogP contribution in [0.25, 0.3) is 0 Å². The van der Waals surface area contributed by atoms with E-state index in [1.807, 2.05) is 0 Å². The highest BCUT2D eigenvalue weighted by molar-refractivity contribution is 9.10. The van der Waals surface area contributed by atoms with Gasteiger partial charge in [-0.2, -0.15) is 0 Å². The molecule has 1 aromatic rings. The fraction of sp³-hybridized carbons (Fsp3) is 0.692. The van der Waals surface area contributed by atoms with Crippen molar-refractivity contribution in [3.05, 3.63) is 10.8 Å². The number of hydrogen-bond donors (Lipinski definition) is 2. The number of nitrogens with two attached hydrogens (primary N) is 2. The molecule has 0 saturated carbocycles. The summed E-state index contributed by atoms with van der Waals surface area (Å²) in [5, 5.41) is 0. The third-order valence-electron chi connectivity index (χ3n) is 4.67. The van der Waals surface area contributed by atoms with E-state index in [1.165, 1.54) is 0 Å². The second-order valence-electron chi connectivity index (χ2n) is 5.80. The fourth-order valence-corrected chi connectivity index (χ4v) is 3.38. The van der Waals surface area contributed by atoms with Gasteiger partial charge in [0.1, 0.15) is 10.4 Å². The SMILES string of the molecule is C[C@@H]1OCC2(CCN(c3cnc(Br)c(N)n3)CC2)[C@@H]1N. The molecule has 1 spiro atoms. The molecule has 7 heteroatoms. The van der Waals surface area contributed by atoms with Crippen molar-refractivity contribution >= 4 is 27.6 Å². The van der Waals surface area contributed by atoms with Gasteiger partial charge in [0.05, 0.1) is 18.9 Å². The second kappa shape index (κ2) is 5.13. The third kappa shape index (κ3) is 2.27. The Balaban J connectivity index is 1.71. The Labute approximate surface area is 127 Å².